The van der Waals surface area contributed by atoms with Crippen LogP contribution in [0, 0.1) is 6.92 Å². The van der Waals surface area contributed by atoms with E-state index in [1.807, 2.05) is 6.92 Å². The van der Waals surface area contributed by atoms with Crippen LogP contribution in [0.15, 0.2) is 11.5 Å². The van der Waals surface area contributed by atoms with Gasteiger partial charge in [-0.1, -0.05) is 23.5 Å². The van der Waals surface area contributed by atoms with Crippen molar-refractivity contribution in [3.8, 4) is 65.5 Å². The van der Waals surface area contributed by atoms with E-state index in [0.29, 0.717) is 92.5 Å². The van der Waals surface area contributed by atoms with Crippen molar-refractivity contribution < 1.29 is 83.5 Å². The quantitative estimate of drug-likeness (QED) is 0.139. The fourth-order valence-corrected chi connectivity index (χ4v) is 21.4. The average molecular weight is 1070 g/mol. The number of rotatable bonds is 7. The van der Waals surface area contributed by atoms with Crippen LogP contribution < -0.4 is 37.9 Å². The first-order valence-corrected chi connectivity index (χ1v) is 30.1. The smallest absolute Gasteiger partial charge is 0.189 e. The summed E-state index contributed by atoms with van der Waals surface area (Å²) in [5.74, 6) is 3.71. The van der Waals surface area contributed by atoms with E-state index < -0.39 is 39.6 Å². The van der Waals surface area contributed by atoms with Crippen molar-refractivity contribution in [2.75, 3.05) is 91.8 Å². The van der Waals surface area contributed by atoms with E-state index in [0.717, 1.165) is 52.2 Å². The minimum absolute atomic E-state index is 0.0749. The summed E-state index contributed by atoms with van der Waals surface area (Å²) in [6.45, 7) is 5.83. The first-order valence-electron chi connectivity index (χ1n) is 20.6. The Morgan fingerprint density at radius 3 is 1.36 bits per heavy atom. The number of fused-ring (bicyclic) bond motifs is 6. The third kappa shape index (κ3) is 6.29. The van der Waals surface area contributed by atoms with Crippen molar-refractivity contribution >= 4 is 97.9 Å². The van der Waals surface area contributed by atoms with Crippen molar-refractivity contribution in [2.45, 2.75) is 34.2 Å². The van der Waals surface area contributed by atoms with Gasteiger partial charge in [0.1, 0.15) is 97.4 Å². The van der Waals surface area contributed by atoms with Gasteiger partial charge in [-0.2, -0.15) is 0 Å². The second-order valence-electron chi connectivity index (χ2n) is 16.6. The number of hydrogen-bond donors (Lipinski definition) is 4. The summed E-state index contributed by atoms with van der Waals surface area (Å²) < 4.78 is 146. The SMILES string of the molecule is Cc1sc(C2=C3OCCOC3C(c3sc(-c4sc(-c5sc(C6=C7OCCOC7[C@](C)(S(C)(=O)(O)O)S6)c6c5OCCO6)c5c4OCCO5)c4c3OCCO4)(S(C)(=O)(O)O)S2)c2c1OCCO2. The van der Waals surface area contributed by atoms with Gasteiger partial charge in [-0.15, -0.1) is 45.3 Å². The molecule has 0 spiro atoms. The molecule has 0 saturated carbocycles. The lowest BCUT2D eigenvalue weighted by Crippen LogP contribution is -2.57. The second-order valence-corrected chi connectivity index (χ2v) is 30.6. The van der Waals surface area contributed by atoms with Crippen molar-refractivity contribution in [1.29, 1.82) is 0 Å². The van der Waals surface area contributed by atoms with Gasteiger partial charge >= 0.3 is 0 Å². The molecule has 2 saturated heterocycles. The van der Waals surface area contributed by atoms with Crippen molar-refractivity contribution in [3.63, 3.8) is 0 Å². The van der Waals surface area contributed by atoms with Gasteiger partial charge in [0.15, 0.2) is 56.2 Å². The fourth-order valence-electron chi connectivity index (χ4n) is 8.99. The molecular weight excluding hydrogens is 1020 g/mol. The molecule has 2 fully saturated rings. The molecule has 0 aromatic carbocycles. The van der Waals surface area contributed by atoms with Crippen LogP contribution in [-0.2, 0) is 42.3 Å². The number of ether oxygens (including phenoxy) is 12. The molecule has 3 unspecified atom stereocenters. The van der Waals surface area contributed by atoms with E-state index in [9.17, 15) is 26.6 Å². The molecular formula is C40H42O18S8. The zero-order chi connectivity index (χ0) is 45.8. The van der Waals surface area contributed by atoms with Crippen LogP contribution in [0.25, 0.3) is 29.3 Å². The summed E-state index contributed by atoms with van der Waals surface area (Å²) in [5, 5.41) is 0. The second kappa shape index (κ2) is 14.8. The molecule has 12 heterocycles. The molecule has 0 aliphatic carbocycles. The van der Waals surface area contributed by atoms with Crippen LogP contribution in [0.4, 0.5) is 0 Å². The van der Waals surface area contributed by atoms with Gasteiger partial charge in [0.25, 0.3) is 0 Å². The Balaban J connectivity index is 1.03. The Bertz CT molecular complexity index is 2940. The predicted octanol–water partition coefficient (Wildman–Crippen LogP) is 7.68. The molecule has 0 amide bonds. The number of thioether (sulfide) groups is 2. The minimum Gasteiger partial charge on any atom is -0.491 e. The van der Waals surface area contributed by atoms with E-state index in [4.69, 9.17) is 56.8 Å². The summed E-state index contributed by atoms with van der Waals surface area (Å²) in [6.07, 6.45) is -0.464. The molecule has 4 atom stereocenters. The monoisotopic (exact) mass is 1070 g/mol. The van der Waals surface area contributed by atoms with E-state index in [1.165, 1.54) is 40.9 Å². The van der Waals surface area contributed by atoms with Gasteiger partial charge in [-0.05, 0) is 13.8 Å². The van der Waals surface area contributed by atoms with Crippen LogP contribution in [-0.4, -0.2) is 135 Å². The van der Waals surface area contributed by atoms with E-state index >= 15 is 0 Å². The molecule has 8 aliphatic rings. The summed E-state index contributed by atoms with van der Waals surface area (Å²) in [4.78, 5) is 5.40. The standard InChI is InChI=1S/C40H42O18S8/c1-17-18-19(48-6-5-47-18)32(59-17)35-27-37(58-16-14-56-27)40(64-35,66(4,44,45)46)38-25-24(53-11-12-54-25)31(62-38)30-21-20(49-7-8-50-21)28(60-30)29-22-23(52-10-9-51-22)33(61-29)34-26-36(57-15-13-55-26)39(2,63-34)65(3,41,42)43/h36-37H,5-16H2,1-4H3,(H2,41,42,43)(H2,44,45,46)/t36?,37?,39-,40?/m0/s1. The van der Waals surface area contributed by atoms with E-state index in [1.54, 1.807) is 0 Å². The minimum atomic E-state index is -5.78. The molecule has 66 heavy (non-hydrogen) atoms. The lowest BCUT2D eigenvalue weighted by molar-refractivity contribution is -0.0470. The molecule has 18 nitrogen and oxygen atoms in total. The van der Waals surface area contributed by atoms with E-state index in [2.05, 4.69) is 0 Å². The molecule has 0 bridgehead atoms. The third-order valence-corrected chi connectivity index (χ3v) is 26.9. The zero-order valence-electron chi connectivity index (χ0n) is 35.4. The molecule has 4 N–H and O–H groups in total. The Morgan fingerprint density at radius 1 is 0.455 bits per heavy atom. The van der Waals surface area contributed by atoms with Gasteiger partial charge in [-0.3, -0.25) is 0 Å². The highest BCUT2D eigenvalue weighted by atomic mass is 32.3. The van der Waals surface area contributed by atoms with Crippen LogP contribution in [0.1, 0.15) is 26.4 Å². The average Bonchev–Trinajstić information content (AvgIpc) is 4.14. The Morgan fingerprint density at radius 2 is 0.833 bits per heavy atom. The first-order chi connectivity index (χ1) is 31.3. The van der Waals surface area contributed by atoms with Crippen LogP contribution in [0.5, 0.6) is 46.0 Å². The van der Waals surface area contributed by atoms with Gasteiger partial charge in [0, 0.05) is 17.4 Å². The fraction of sp³-hybridized carbons (Fsp3) is 0.500. The molecule has 8 aliphatic heterocycles. The Labute approximate surface area is 401 Å². The molecule has 0 radical (unpaired) electrons. The van der Waals surface area contributed by atoms with E-state index in [-0.39, 0.29) is 88.2 Å². The van der Waals surface area contributed by atoms with Crippen LogP contribution >= 0.6 is 68.9 Å². The largest absolute Gasteiger partial charge is 0.491 e. The van der Waals surface area contributed by atoms with Crippen LogP contribution in [0.3, 0.4) is 0 Å². The lowest BCUT2D eigenvalue weighted by Gasteiger charge is -2.47. The highest BCUT2D eigenvalue weighted by Crippen LogP contribution is 2.73. The summed E-state index contributed by atoms with van der Waals surface area (Å²) in [5.41, 5.74) is 0. The Kier molecular flexibility index (Phi) is 9.91. The van der Waals surface area contributed by atoms with Crippen molar-refractivity contribution in [1.82, 2.24) is 0 Å². The summed E-state index contributed by atoms with van der Waals surface area (Å²) in [6, 6.07) is 0. The molecule has 4 aromatic rings. The third-order valence-electron chi connectivity index (χ3n) is 12.1. The van der Waals surface area contributed by atoms with Gasteiger partial charge in [0.2, 0.25) is 0 Å². The molecule has 26 heteroatoms. The number of aryl methyl sites for hydroxylation is 1. The molecule has 12 rings (SSSR count). The maximum atomic E-state index is 15.0. The summed E-state index contributed by atoms with van der Waals surface area (Å²) >= 11 is 7.08. The lowest BCUT2D eigenvalue weighted by atomic mass is 10.1. The van der Waals surface area contributed by atoms with Crippen molar-refractivity contribution in [2.24, 2.45) is 0 Å². The van der Waals surface area contributed by atoms with Gasteiger partial charge in [0.05, 0.1) is 66.8 Å². The number of thiophene rings is 4. The maximum absolute atomic E-state index is 15.0. The number of hydrogen-bond acceptors (Lipinski definition) is 20. The molecule has 358 valence electrons. The highest BCUT2D eigenvalue weighted by Gasteiger charge is 2.69. The van der Waals surface area contributed by atoms with Gasteiger partial charge in [-0.25, -0.2) is 8.42 Å². The Hall–Kier alpha value is -2.96. The normalized spacial score (nSPS) is 27.8. The molecule has 4 aromatic heterocycles. The highest BCUT2D eigenvalue weighted by molar-refractivity contribution is 8.27. The maximum Gasteiger partial charge on any atom is 0.189 e. The topological polar surface area (TPSA) is 226 Å². The summed E-state index contributed by atoms with van der Waals surface area (Å²) in [7, 11) is -11.1. The first kappa shape index (κ1) is 44.3. The predicted molar refractivity (Wildman–Crippen MR) is 253 cm³/mol. The van der Waals surface area contributed by atoms with Crippen LogP contribution in [0.2, 0.25) is 0 Å². The van der Waals surface area contributed by atoms with Gasteiger partial charge < -0.3 is 75.1 Å². The van der Waals surface area contributed by atoms with Crippen molar-refractivity contribution in [3.05, 3.63) is 31.0 Å². The zero-order valence-corrected chi connectivity index (χ0v) is 41.9.